The van der Waals surface area contributed by atoms with Crippen molar-refractivity contribution in [3.63, 3.8) is 0 Å². The van der Waals surface area contributed by atoms with Crippen LogP contribution < -0.4 is 15.0 Å². The normalized spacial score (nSPS) is 13.6. The molecule has 1 N–H and O–H groups in total. The molecule has 0 amide bonds. The topological polar surface area (TPSA) is 111 Å². The molecule has 2 aromatic carbocycles. The third kappa shape index (κ3) is 5.13. The van der Waals surface area contributed by atoms with E-state index >= 15 is 0 Å². The van der Waals surface area contributed by atoms with Crippen molar-refractivity contribution < 1.29 is 13.9 Å². The number of halogens is 1. The van der Waals surface area contributed by atoms with Gasteiger partial charge in [-0.3, -0.25) is 9.69 Å². The minimum absolute atomic E-state index is 0.0993. The minimum atomic E-state index is -0.238. The van der Waals surface area contributed by atoms with Gasteiger partial charge in [0.2, 0.25) is 6.79 Å². The Labute approximate surface area is 229 Å². The monoisotopic (exact) mass is 546 g/mol. The fourth-order valence-electron chi connectivity index (χ4n) is 5.04. The molecular weight excluding hydrogens is 520 g/mol. The van der Waals surface area contributed by atoms with Crippen LogP contribution in [-0.4, -0.2) is 36.9 Å². The van der Waals surface area contributed by atoms with Crippen molar-refractivity contribution >= 4 is 22.5 Å². The summed E-state index contributed by atoms with van der Waals surface area (Å²) in [6.07, 6.45) is 1.63. The molecule has 3 aromatic heterocycles. The SMILES string of the molecule is CC(C)[C@@H](c1nnnn1Cc1ccco1)N(Cc1ccccc1Cl)Cc1cc2cc3c(cc2[nH]c1=O)OCO3. The highest BCUT2D eigenvalue weighted by atomic mass is 35.5. The molecule has 1 aliphatic heterocycles. The summed E-state index contributed by atoms with van der Waals surface area (Å²) in [5, 5.41) is 14.2. The highest BCUT2D eigenvalue weighted by molar-refractivity contribution is 6.31. The van der Waals surface area contributed by atoms with Gasteiger partial charge >= 0.3 is 0 Å². The van der Waals surface area contributed by atoms with Crippen molar-refractivity contribution in [3.05, 3.63) is 98.9 Å². The van der Waals surface area contributed by atoms with Gasteiger partial charge in [0.1, 0.15) is 12.3 Å². The number of benzene rings is 2. The second-order valence-corrected chi connectivity index (χ2v) is 10.3. The summed E-state index contributed by atoms with van der Waals surface area (Å²) in [5.41, 5.74) is 2.05. The van der Waals surface area contributed by atoms with Crippen LogP contribution in [0.1, 0.15) is 42.6 Å². The maximum Gasteiger partial charge on any atom is 0.252 e. The fourth-order valence-corrected chi connectivity index (χ4v) is 5.24. The van der Waals surface area contributed by atoms with E-state index in [1.807, 2.05) is 48.5 Å². The van der Waals surface area contributed by atoms with Crippen LogP contribution in [0.3, 0.4) is 0 Å². The number of aromatic nitrogens is 5. The van der Waals surface area contributed by atoms with Crippen LogP contribution in [0.25, 0.3) is 10.9 Å². The van der Waals surface area contributed by atoms with Gasteiger partial charge < -0.3 is 18.9 Å². The molecule has 10 nitrogen and oxygen atoms in total. The molecule has 1 aliphatic rings. The van der Waals surface area contributed by atoms with Crippen LogP contribution in [0.5, 0.6) is 11.5 Å². The van der Waals surface area contributed by atoms with E-state index in [2.05, 4.69) is 39.3 Å². The molecule has 0 unspecified atom stereocenters. The number of hydrogen-bond acceptors (Lipinski definition) is 8. The number of hydrogen-bond donors (Lipinski definition) is 1. The van der Waals surface area contributed by atoms with E-state index in [0.29, 0.717) is 53.1 Å². The Kier molecular flexibility index (Phi) is 6.80. The first-order valence-corrected chi connectivity index (χ1v) is 13.1. The van der Waals surface area contributed by atoms with E-state index in [-0.39, 0.29) is 24.3 Å². The number of ether oxygens (including phenoxy) is 2. The predicted molar refractivity (Wildman–Crippen MR) is 145 cm³/mol. The zero-order chi connectivity index (χ0) is 26.9. The number of fused-ring (bicyclic) bond motifs is 2. The second-order valence-electron chi connectivity index (χ2n) is 9.88. The molecule has 4 heterocycles. The smallest absolute Gasteiger partial charge is 0.252 e. The third-order valence-corrected chi connectivity index (χ3v) is 7.22. The number of nitrogens with one attached hydrogen (secondary N) is 1. The summed E-state index contributed by atoms with van der Waals surface area (Å²) >= 11 is 6.59. The van der Waals surface area contributed by atoms with Gasteiger partial charge in [0.05, 0.1) is 17.8 Å². The third-order valence-electron chi connectivity index (χ3n) is 6.85. The molecule has 200 valence electrons. The second kappa shape index (κ2) is 10.5. The number of pyridine rings is 1. The fraction of sp³-hybridized carbons (Fsp3) is 0.286. The molecule has 0 fully saturated rings. The van der Waals surface area contributed by atoms with Crippen molar-refractivity contribution in [2.24, 2.45) is 5.92 Å². The summed E-state index contributed by atoms with van der Waals surface area (Å²) in [4.78, 5) is 18.5. The largest absolute Gasteiger partial charge is 0.467 e. The highest BCUT2D eigenvalue weighted by Crippen LogP contribution is 2.36. The summed E-state index contributed by atoms with van der Waals surface area (Å²) in [7, 11) is 0. The lowest BCUT2D eigenvalue weighted by atomic mass is 9.99. The van der Waals surface area contributed by atoms with Gasteiger partial charge in [0.15, 0.2) is 17.3 Å². The van der Waals surface area contributed by atoms with Crippen molar-refractivity contribution in [2.45, 2.75) is 39.5 Å². The molecule has 5 aromatic rings. The molecule has 11 heteroatoms. The molecule has 1 atom stereocenters. The Morgan fingerprint density at radius 3 is 2.62 bits per heavy atom. The average Bonchev–Trinajstić information content (AvgIpc) is 3.68. The molecule has 6 rings (SSSR count). The molecule has 0 aliphatic carbocycles. The zero-order valence-corrected chi connectivity index (χ0v) is 22.3. The van der Waals surface area contributed by atoms with Gasteiger partial charge in [-0.15, -0.1) is 5.10 Å². The van der Waals surface area contributed by atoms with E-state index in [4.69, 9.17) is 25.5 Å². The van der Waals surface area contributed by atoms with Crippen molar-refractivity contribution in [1.29, 1.82) is 0 Å². The average molecular weight is 547 g/mol. The molecular formula is C28H27ClN6O4. The van der Waals surface area contributed by atoms with Crippen molar-refractivity contribution in [3.8, 4) is 11.5 Å². The molecule has 0 radical (unpaired) electrons. The lowest BCUT2D eigenvalue weighted by molar-refractivity contribution is 0.126. The van der Waals surface area contributed by atoms with Crippen LogP contribution in [0, 0.1) is 5.92 Å². The number of H-pyrrole nitrogens is 1. The van der Waals surface area contributed by atoms with Crippen LogP contribution in [0.15, 0.2) is 70.1 Å². The summed E-state index contributed by atoms with van der Waals surface area (Å²) in [6.45, 7) is 5.60. The Balaban J connectivity index is 1.41. The molecule has 0 saturated heterocycles. The van der Waals surface area contributed by atoms with E-state index in [9.17, 15) is 4.79 Å². The number of tetrazole rings is 1. The van der Waals surface area contributed by atoms with Crippen molar-refractivity contribution in [2.75, 3.05) is 6.79 Å². The van der Waals surface area contributed by atoms with E-state index in [1.54, 1.807) is 17.0 Å². The number of furan rings is 1. The van der Waals surface area contributed by atoms with Gasteiger partial charge in [-0.25, -0.2) is 4.68 Å². The first-order chi connectivity index (χ1) is 19.0. The zero-order valence-electron chi connectivity index (χ0n) is 21.5. The number of nitrogens with zero attached hydrogens (tertiary/aromatic N) is 5. The Hall–Kier alpha value is -4.15. The lowest BCUT2D eigenvalue weighted by Gasteiger charge is -2.33. The van der Waals surface area contributed by atoms with Crippen LogP contribution in [0.2, 0.25) is 5.02 Å². The molecule has 0 saturated carbocycles. The van der Waals surface area contributed by atoms with Gasteiger partial charge in [0, 0.05) is 35.1 Å². The summed E-state index contributed by atoms with van der Waals surface area (Å²) in [6, 6.07) is 16.8. The first-order valence-electron chi connectivity index (χ1n) is 12.7. The maximum absolute atomic E-state index is 13.3. The Bertz CT molecular complexity index is 1660. The van der Waals surface area contributed by atoms with E-state index < -0.39 is 0 Å². The quantitative estimate of drug-likeness (QED) is 0.277. The van der Waals surface area contributed by atoms with Gasteiger partial charge in [-0.2, -0.15) is 0 Å². The van der Waals surface area contributed by atoms with Gasteiger partial charge in [0.25, 0.3) is 5.56 Å². The number of aromatic amines is 1. The number of rotatable bonds is 9. The molecule has 0 spiro atoms. The highest BCUT2D eigenvalue weighted by Gasteiger charge is 2.31. The van der Waals surface area contributed by atoms with Gasteiger partial charge in [-0.05, 0) is 52.2 Å². The molecule has 39 heavy (non-hydrogen) atoms. The first kappa shape index (κ1) is 25.1. The summed E-state index contributed by atoms with van der Waals surface area (Å²) < 4.78 is 18.3. The van der Waals surface area contributed by atoms with Crippen LogP contribution in [-0.2, 0) is 19.6 Å². The Morgan fingerprint density at radius 1 is 1.05 bits per heavy atom. The Morgan fingerprint density at radius 2 is 1.85 bits per heavy atom. The van der Waals surface area contributed by atoms with E-state index in [1.165, 1.54) is 0 Å². The minimum Gasteiger partial charge on any atom is -0.467 e. The summed E-state index contributed by atoms with van der Waals surface area (Å²) in [5.74, 6) is 2.80. The van der Waals surface area contributed by atoms with Crippen LogP contribution in [0.4, 0.5) is 0 Å². The maximum atomic E-state index is 13.3. The molecule has 0 bridgehead atoms. The van der Waals surface area contributed by atoms with Crippen LogP contribution >= 0.6 is 11.6 Å². The van der Waals surface area contributed by atoms with Gasteiger partial charge in [-0.1, -0.05) is 43.6 Å². The predicted octanol–water partition coefficient (Wildman–Crippen LogP) is 4.94. The standard InChI is InChI=1S/C28H27ClN6O4/c1-17(2)26(27-31-32-33-35(27)15-21-7-5-9-37-21)34(13-18-6-3-4-8-22(18)29)14-20-10-19-11-24-25(39-16-38-24)12-23(19)30-28(20)36/h3-12,17,26H,13-16H2,1-2H3,(H,30,36)/t26-/m0/s1. The van der Waals surface area contributed by atoms with E-state index in [0.717, 1.165) is 16.7 Å². The lowest BCUT2D eigenvalue weighted by Crippen LogP contribution is -2.35. The van der Waals surface area contributed by atoms with Crippen molar-refractivity contribution in [1.82, 2.24) is 30.1 Å².